The fourth-order valence-corrected chi connectivity index (χ4v) is 1.79. The van der Waals surface area contributed by atoms with E-state index in [1.165, 1.54) is 0 Å². The van der Waals surface area contributed by atoms with Gasteiger partial charge in [-0.25, -0.2) is 0 Å². The molecule has 18 heavy (non-hydrogen) atoms. The molecule has 0 spiro atoms. The molecule has 3 nitrogen and oxygen atoms in total. The van der Waals surface area contributed by atoms with E-state index in [4.69, 9.17) is 10.2 Å². The van der Waals surface area contributed by atoms with Crippen molar-refractivity contribution in [2.24, 2.45) is 5.92 Å². The minimum atomic E-state index is -0.0649. The molecule has 0 fully saturated rings. The topological polar surface area (TPSA) is 60.7 Å². The highest BCUT2D eigenvalue weighted by molar-refractivity contribution is 5.69. The number of benzene rings is 1. The molecule has 0 aliphatic carbocycles. The number of allylic oxidation sites excluding steroid dienone is 2. The van der Waals surface area contributed by atoms with Crippen LogP contribution in [0.25, 0.3) is 5.57 Å². The van der Waals surface area contributed by atoms with Gasteiger partial charge in [-0.05, 0) is 42.9 Å². The van der Waals surface area contributed by atoms with Gasteiger partial charge in [0.2, 0.25) is 0 Å². The Bertz CT molecular complexity index is 410. The summed E-state index contributed by atoms with van der Waals surface area (Å²) in [5, 5.41) is 27.8. The first kappa shape index (κ1) is 14.7. The molecule has 1 atom stereocenters. The van der Waals surface area contributed by atoms with Crippen molar-refractivity contribution >= 4 is 5.57 Å². The molecule has 0 bridgehead atoms. The van der Waals surface area contributed by atoms with Crippen molar-refractivity contribution in [3.63, 3.8) is 0 Å². The molecule has 3 heteroatoms. The third-order valence-electron chi connectivity index (χ3n) is 3.09. The van der Waals surface area contributed by atoms with Gasteiger partial charge in [0, 0.05) is 12.2 Å². The van der Waals surface area contributed by atoms with Crippen molar-refractivity contribution in [2.45, 2.75) is 33.3 Å². The minimum absolute atomic E-state index is 0.0649. The van der Waals surface area contributed by atoms with E-state index in [2.05, 4.69) is 6.08 Å². The summed E-state index contributed by atoms with van der Waals surface area (Å²) in [4.78, 5) is 0. The van der Waals surface area contributed by atoms with Crippen molar-refractivity contribution < 1.29 is 15.3 Å². The van der Waals surface area contributed by atoms with Crippen LogP contribution in [0.1, 0.15) is 37.8 Å². The van der Waals surface area contributed by atoms with Crippen molar-refractivity contribution in [2.75, 3.05) is 6.61 Å². The number of phenols is 1. The lowest BCUT2D eigenvalue weighted by molar-refractivity contribution is 0.231. The molecule has 1 aromatic carbocycles. The van der Waals surface area contributed by atoms with Gasteiger partial charge in [-0.15, -0.1) is 0 Å². The summed E-state index contributed by atoms with van der Waals surface area (Å²) in [6.45, 7) is 4.11. The Kier molecular flexibility index (Phi) is 5.89. The molecule has 0 aromatic heterocycles. The molecule has 0 saturated carbocycles. The van der Waals surface area contributed by atoms with E-state index in [1.54, 1.807) is 6.07 Å². The average Bonchev–Trinajstić information content (AvgIpc) is 2.37. The third kappa shape index (κ3) is 4.17. The third-order valence-corrected chi connectivity index (χ3v) is 3.09. The van der Waals surface area contributed by atoms with Crippen molar-refractivity contribution in [1.82, 2.24) is 0 Å². The lowest BCUT2D eigenvalue weighted by Crippen LogP contribution is -1.99. The molecule has 100 valence electrons. The summed E-state index contributed by atoms with van der Waals surface area (Å²) in [6.07, 6.45) is 3.89. The number of aliphatic hydroxyl groups is 2. The lowest BCUT2D eigenvalue weighted by Gasteiger charge is -2.08. The maximum atomic E-state index is 9.86. The normalized spacial score (nSPS) is 13.7. The monoisotopic (exact) mass is 250 g/mol. The molecule has 0 radical (unpaired) electrons. The van der Waals surface area contributed by atoms with E-state index in [0.29, 0.717) is 11.5 Å². The number of aromatic hydroxyl groups is 1. The zero-order chi connectivity index (χ0) is 13.5. The second kappa shape index (κ2) is 7.19. The van der Waals surface area contributed by atoms with Crippen LogP contribution in [-0.2, 0) is 6.61 Å². The SMILES string of the molecule is C/C(=C\CC[C@H](C)CO)c1ccc(CO)cc1O. The Hall–Kier alpha value is -1.32. The van der Waals surface area contributed by atoms with Crippen molar-refractivity contribution in [3.8, 4) is 5.75 Å². The van der Waals surface area contributed by atoms with Crippen molar-refractivity contribution in [3.05, 3.63) is 35.4 Å². The van der Waals surface area contributed by atoms with Crippen molar-refractivity contribution in [1.29, 1.82) is 0 Å². The van der Waals surface area contributed by atoms with Gasteiger partial charge >= 0.3 is 0 Å². The van der Waals surface area contributed by atoms with E-state index in [-0.39, 0.29) is 19.0 Å². The molecule has 0 heterocycles. The first-order chi connectivity index (χ1) is 8.58. The van der Waals surface area contributed by atoms with Gasteiger partial charge < -0.3 is 15.3 Å². The highest BCUT2D eigenvalue weighted by Crippen LogP contribution is 2.26. The second-order valence-electron chi connectivity index (χ2n) is 4.76. The van der Waals surface area contributed by atoms with Gasteiger partial charge in [0.05, 0.1) is 6.61 Å². The molecule has 0 aliphatic heterocycles. The fraction of sp³-hybridized carbons (Fsp3) is 0.467. The zero-order valence-corrected chi connectivity index (χ0v) is 11.1. The Labute approximate surface area is 108 Å². The van der Waals surface area contributed by atoms with Crippen LogP contribution in [0.3, 0.4) is 0 Å². The molecule has 0 unspecified atom stereocenters. The zero-order valence-electron chi connectivity index (χ0n) is 11.1. The first-order valence-electron chi connectivity index (χ1n) is 6.29. The molecule has 0 saturated heterocycles. The van der Waals surface area contributed by atoms with E-state index in [1.807, 2.05) is 26.0 Å². The maximum absolute atomic E-state index is 9.86. The summed E-state index contributed by atoms with van der Waals surface area (Å²) >= 11 is 0. The standard InChI is InChI=1S/C15H22O3/c1-11(9-16)4-3-5-12(2)14-7-6-13(10-17)8-15(14)18/h5-8,11,16-18H,3-4,9-10H2,1-2H3/b12-5+/t11-/m0/s1. The number of rotatable bonds is 6. The second-order valence-corrected chi connectivity index (χ2v) is 4.76. The Morgan fingerprint density at radius 1 is 1.33 bits per heavy atom. The quantitative estimate of drug-likeness (QED) is 0.727. The highest BCUT2D eigenvalue weighted by Gasteiger charge is 2.04. The molecule has 1 aromatic rings. The molecule has 0 amide bonds. The van der Waals surface area contributed by atoms with Crippen LogP contribution in [0.5, 0.6) is 5.75 Å². The predicted octanol–water partition coefficient (Wildman–Crippen LogP) is 2.70. The van der Waals surface area contributed by atoms with Crippen LogP contribution < -0.4 is 0 Å². The Balaban J connectivity index is 2.71. The molecular weight excluding hydrogens is 228 g/mol. The number of aliphatic hydroxyl groups excluding tert-OH is 2. The van der Waals surface area contributed by atoms with E-state index in [0.717, 1.165) is 24.0 Å². The minimum Gasteiger partial charge on any atom is -0.507 e. The van der Waals surface area contributed by atoms with Crippen LogP contribution in [0.2, 0.25) is 0 Å². The van der Waals surface area contributed by atoms with Gasteiger partial charge in [0.15, 0.2) is 0 Å². The summed E-state index contributed by atoms with van der Waals surface area (Å²) in [5.41, 5.74) is 2.52. The van der Waals surface area contributed by atoms with Crippen LogP contribution >= 0.6 is 0 Å². The Morgan fingerprint density at radius 3 is 2.61 bits per heavy atom. The lowest BCUT2D eigenvalue weighted by atomic mass is 10.0. The van der Waals surface area contributed by atoms with Crippen LogP contribution in [-0.4, -0.2) is 21.9 Å². The summed E-state index contributed by atoms with van der Waals surface area (Å²) in [6, 6.07) is 5.22. The van der Waals surface area contributed by atoms with Crippen LogP contribution in [0.4, 0.5) is 0 Å². The highest BCUT2D eigenvalue weighted by atomic mass is 16.3. The molecular formula is C15H22O3. The predicted molar refractivity (Wildman–Crippen MR) is 73.2 cm³/mol. The average molecular weight is 250 g/mol. The number of hydrogen-bond acceptors (Lipinski definition) is 3. The first-order valence-corrected chi connectivity index (χ1v) is 6.29. The molecule has 0 aliphatic rings. The largest absolute Gasteiger partial charge is 0.507 e. The smallest absolute Gasteiger partial charge is 0.123 e. The van der Waals surface area contributed by atoms with E-state index >= 15 is 0 Å². The van der Waals surface area contributed by atoms with E-state index in [9.17, 15) is 5.11 Å². The van der Waals surface area contributed by atoms with Gasteiger partial charge in [0.1, 0.15) is 5.75 Å². The van der Waals surface area contributed by atoms with E-state index < -0.39 is 0 Å². The summed E-state index contributed by atoms with van der Waals surface area (Å²) in [7, 11) is 0. The van der Waals surface area contributed by atoms with Crippen LogP contribution in [0, 0.1) is 5.92 Å². The molecule has 3 N–H and O–H groups in total. The number of phenolic OH excluding ortho intramolecular Hbond substituents is 1. The van der Waals surface area contributed by atoms with Gasteiger partial charge in [0.25, 0.3) is 0 Å². The van der Waals surface area contributed by atoms with Gasteiger partial charge in [-0.3, -0.25) is 0 Å². The van der Waals surface area contributed by atoms with Gasteiger partial charge in [-0.1, -0.05) is 25.1 Å². The number of hydrogen-bond donors (Lipinski definition) is 3. The van der Waals surface area contributed by atoms with Gasteiger partial charge in [-0.2, -0.15) is 0 Å². The molecule has 1 rings (SSSR count). The Morgan fingerprint density at radius 2 is 2.06 bits per heavy atom. The summed E-state index contributed by atoms with van der Waals surface area (Å²) in [5.74, 6) is 0.505. The summed E-state index contributed by atoms with van der Waals surface area (Å²) < 4.78 is 0. The fourth-order valence-electron chi connectivity index (χ4n) is 1.79. The van der Waals surface area contributed by atoms with Crippen LogP contribution in [0.15, 0.2) is 24.3 Å². The maximum Gasteiger partial charge on any atom is 0.123 e.